The van der Waals surface area contributed by atoms with E-state index in [1.807, 2.05) is 48.6 Å². The third-order valence-electron chi connectivity index (χ3n) is 4.74. The van der Waals surface area contributed by atoms with Gasteiger partial charge in [-0.1, -0.05) is 48.6 Å². The number of ether oxygens (including phenoxy) is 3. The molecule has 2 aliphatic rings. The van der Waals surface area contributed by atoms with Crippen molar-refractivity contribution >= 4 is 5.97 Å². The lowest BCUT2D eigenvalue weighted by Crippen LogP contribution is -2.48. The Morgan fingerprint density at radius 2 is 2.08 bits per heavy atom. The van der Waals surface area contributed by atoms with Gasteiger partial charge in [0.2, 0.25) is 0 Å². The molecule has 3 rings (SSSR count). The third-order valence-corrected chi connectivity index (χ3v) is 4.74. The number of rotatable bonds is 5. The highest BCUT2D eigenvalue weighted by Gasteiger charge is 2.47. The first-order valence-corrected chi connectivity index (χ1v) is 8.64. The number of aliphatic hydroxyl groups excluding tert-OH is 1. The summed E-state index contributed by atoms with van der Waals surface area (Å²) in [6.07, 6.45) is 8.47. The average molecular weight is 344 g/mol. The van der Waals surface area contributed by atoms with Gasteiger partial charge in [0.1, 0.15) is 5.60 Å². The number of allylic oxidation sites excluding steroid dienone is 2. The summed E-state index contributed by atoms with van der Waals surface area (Å²) in [7, 11) is 1.27. The van der Waals surface area contributed by atoms with E-state index in [-0.39, 0.29) is 6.29 Å². The van der Waals surface area contributed by atoms with E-state index < -0.39 is 23.6 Å². The van der Waals surface area contributed by atoms with Crippen LogP contribution in [0.3, 0.4) is 0 Å². The predicted molar refractivity (Wildman–Crippen MR) is 92.6 cm³/mol. The number of esters is 1. The van der Waals surface area contributed by atoms with Crippen LogP contribution >= 0.6 is 0 Å². The molecule has 1 heterocycles. The van der Waals surface area contributed by atoms with Crippen molar-refractivity contribution in [2.24, 2.45) is 5.92 Å². The fourth-order valence-corrected chi connectivity index (χ4v) is 3.44. The van der Waals surface area contributed by atoms with Crippen LogP contribution in [0.25, 0.3) is 0 Å². The van der Waals surface area contributed by atoms with Crippen LogP contribution in [0.4, 0.5) is 0 Å². The molecule has 0 saturated carbocycles. The van der Waals surface area contributed by atoms with E-state index in [0.29, 0.717) is 6.61 Å². The van der Waals surface area contributed by atoms with Crippen molar-refractivity contribution < 1.29 is 24.1 Å². The van der Waals surface area contributed by atoms with Crippen molar-refractivity contribution in [1.29, 1.82) is 0 Å². The molecule has 0 amide bonds. The number of hydrogen-bond donors (Lipinski definition) is 1. The van der Waals surface area contributed by atoms with Crippen molar-refractivity contribution in [1.82, 2.24) is 0 Å². The Bertz CT molecular complexity index is 633. The lowest BCUT2D eigenvalue weighted by molar-refractivity contribution is -0.233. The fourth-order valence-electron chi connectivity index (χ4n) is 3.44. The van der Waals surface area contributed by atoms with Gasteiger partial charge in [0, 0.05) is 6.61 Å². The van der Waals surface area contributed by atoms with Gasteiger partial charge in [-0.05, 0) is 30.9 Å². The van der Waals surface area contributed by atoms with Gasteiger partial charge < -0.3 is 19.3 Å². The maximum Gasteiger partial charge on any atom is 0.335 e. The lowest BCUT2D eigenvalue weighted by Gasteiger charge is -2.43. The summed E-state index contributed by atoms with van der Waals surface area (Å²) in [5.74, 6) is -1.30. The largest absolute Gasteiger partial charge is 0.467 e. The molecule has 1 aliphatic carbocycles. The van der Waals surface area contributed by atoms with Crippen LogP contribution < -0.4 is 0 Å². The molecule has 0 aromatic heterocycles. The summed E-state index contributed by atoms with van der Waals surface area (Å²) in [6.45, 7) is 0.652. The summed E-state index contributed by atoms with van der Waals surface area (Å²) < 4.78 is 16.9. The van der Waals surface area contributed by atoms with E-state index in [4.69, 9.17) is 14.2 Å². The van der Waals surface area contributed by atoms with Gasteiger partial charge in [-0.25, -0.2) is 4.79 Å². The summed E-state index contributed by atoms with van der Waals surface area (Å²) in [4.78, 5) is 12.0. The molecule has 0 bridgehead atoms. The number of methoxy groups -OCH3 is 1. The normalized spacial score (nSPS) is 30.0. The average Bonchev–Trinajstić information content (AvgIpc) is 2.68. The molecule has 25 heavy (non-hydrogen) atoms. The number of carbonyl (C=O) groups is 1. The summed E-state index contributed by atoms with van der Waals surface area (Å²) >= 11 is 0. The zero-order chi connectivity index (χ0) is 17.7. The van der Waals surface area contributed by atoms with Crippen LogP contribution in [0, 0.1) is 5.92 Å². The first kappa shape index (κ1) is 17.9. The second kappa shape index (κ2) is 7.95. The molecule has 1 fully saturated rings. The van der Waals surface area contributed by atoms with E-state index in [0.717, 1.165) is 24.8 Å². The standard InChI is InChI=1S/C20H24O5/c1-23-19(22)18(21)16-11-5-7-13-20(16,15-9-3-2-4-10-15)25-17-12-6-8-14-24-17/h2-5,7,9-11,13,16-18,21H,6,8,12,14H2,1H3/t16?,17?,18-,20?/m1/s1. The molecule has 1 saturated heterocycles. The lowest BCUT2D eigenvalue weighted by atomic mass is 9.75. The zero-order valence-electron chi connectivity index (χ0n) is 14.3. The Morgan fingerprint density at radius 3 is 2.76 bits per heavy atom. The minimum absolute atomic E-state index is 0.377. The first-order chi connectivity index (χ1) is 12.2. The van der Waals surface area contributed by atoms with Gasteiger partial charge in [0.05, 0.1) is 13.0 Å². The molecule has 4 atom stereocenters. The maximum absolute atomic E-state index is 12.0. The highest BCUT2D eigenvalue weighted by Crippen LogP contribution is 2.42. The molecule has 3 unspecified atom stereocenters. The minimum atomic E-state index is -1.34. The molecule has 5 nitrogen and oxygen atoms in total. The monoisotopic (exact) mass is 344 g/mol. The first-order valence-electron chi connectivity index (χ1n) is 8.64. The molecular weight excluding hydrogens is 320 g/mol. The highest BCUT2D eigenvalue weighted by molar-refractivity contribution is 5.75. The van der Waals surface area contributed by atoms with E-state index >= 15 is 0 Å². The SMILES string of the molecule is COC(=O)[C@H](O)C1C=CC=CC1(OC1CCCCO1)c1ccccc1. The van der Waals surface area contributed by atoms with Gasteiger partial charge >= 0.3 is 5.97 Å². The van der Waals surface area contributed by atoms with Gasteiger partial charge in [-0.3, -0.25) is 0 Å². The Morgan fingerprint density at radius 1 is 1.28 bits per heavy atom. The Labute approximate surface area is 147 Å². The predicted octanol–water partition coefficient (Wildman–Crippen LogP) is 2.70. The molecule has 1 aromatic rings. The van der Waals surface area contributed by atoms with Gasteiger partial charge in [0.15, 0.2) is 12.4 Å². The van der Waals surface area contributed by atoms with Crippen LogP contribution in [0.1, 0.15) is 24.8 Å². The van der Waals surface area contributed by atoms with Gasteiger partial charge in [0.25, 0.3) is 0 Å². The second-order valence-corrected chi connectivity index (χ2v) is 6.31. The van der Waals surface area contributed by atoms with Crippen molar-refractivity contribution in [2.45, 2.75) is 37.3 Å². The molecule has 134 valence electrons. The fraction of sp³-hybridized carbons (Fsp3) is 0.450. The molecule has 1 N–H and O–H groups in total. The summed E-state index contributed by atoms with van der Waals surface area (Å²) in [5.41, 5.74) is -0.135. The molecule has 1 aliphatic heterocycles. The van der Waals surface area contributed by atoms with E-state index in [9.17, 15) is 9.90 Å². The van der Waals surface area contributed by atoms with E-state index in [2.05, 4.69) is 0 Å². The molecule has 1 aromatic carbocycles. The number of benzene rings is 1. The van der Waals surface area contributed by atoms with Crippen molar-refractivity contribution in [3.8, 4) is 0 Å². The van der Waals surface area contributed by atoms with Crippen molar-refractivity contribution in [2.75, 3.05) is 13.7 Å². The molecule has 0 radical (unpaired) electrons. The van der Waals surface area contributed by atoms with E-state index in [1.54, 1.807) is 6.08 Å². The second-order valence-electron chi connectivity index (χ2n) is 6.31. The Balaban J connectivity index is 2.00. The van der Waals surface area contributed by atoms with Crippen LogP contribution in [0.2, 0.25) is 0 Å². The Kier molecular flexibility index (Phi) is 5.68. The maximum atomic E-state index is 12.0. The third kappa shape index (κ3) is 3.68. The zero-order valence-corrected chi connectivity index (χ0v) is 14.3. The smallest absolute Gasteiger partial charge is 0.335 e. The number of hydrogen-bond acceptors (Lipinski definition) is 5. The van der Waals surface area contributed by atoms with Crippen molar-refractivity contribution in [3.63, 3.8) is 0 Å². The quantitative estimate of drug-likeness (QED) is 0.832. The number of aliphatic hydroxyl groups is 1. The molecular formula is C20H24O5. The summed E-state index contributed by atoms with van der Waals surface area (Å²) in [5, 5.41) is 10.6. The van der Waals surface area contributed by atoms with E-state index in [1.165, 1.54) is 7.11 Å². The number of carbonyl (C=O) groups excluding carboxylic acids is 1. The topological polar surface area (TPSA) is 65.0 Å². The van der Waals surface area contributed by atoms with Crippen LogP contribution in [-0.2, 0) is 24.6 Å². The van der Waals surface area contributed by atoms with Gasteiger partial charge in [-0.2, -0.15) is 0 Å². The van der Waals surface area contributed by atoms with Crippen LogP contribution in [0.5, 0.6) is 0 Å². The van der Waals surface area contributed by atoms with Crippen LogP contribution in [0.15, 0.2) is 54.6 Å². The summed E-state index contributed by atoms with van der Waals surface area (Å²) in [6, 6.07) is 9.61. The van der Waals surface area contributed by atoms with Gasteiger partial charge in [-0.15, -0.1) is 0 Å². The Hall–Kier alpha value is -1.95. The highest BCUT2D eigenvalue weighted by atomic mass is 16.7. The van der Waals surface area contributed by atoms with Crippen LogP contribution in [-0.4, -0.2) is 37.2 Å². The molecule has 5 heteroatoms. The molecule has 0 spiro atoms. The van der Waals surface area contributed by atoms with Crippen molar-refractivity contribution in [3.05, 3.63) is 60.2 Å². The minimum Gasteiger partial charge on any atom is -0.467 e.